The summed E-state index contributed by atoms with van der Waals surface area (Å²) in [5.74, 6) is 0. The fourth-order valence-electron chi connectivity index (χ4n) is 0.657. The molecule has 61 valence electrons. The molecule has 0 aromatic heterocycles. The van der Waals surface area contributed by atoms with Gasteiger partial charge in [0.1, 0.15) is 0 Å². The highest BCUT2D eigenvalue weighted by Gasteiger charge is 2.37. The molecule has 0 spiro atoms. The third-order valence-corrected chi connectivity index (χ3v) is 1.92. The Hall–Kier alpha value is -0.580. The molecule has 0 saturated heterocycles. The quantitative estimate of drug-likeness (QED) is 0.558. The van der Waals surface area contributed by atoms with E-state index in [2.05, 4.69) is 5.32 Å². The van der Waals surface area contributed by atoms with Crippen LogP contribution in [0.4, 0.5) is 13.2 Å². The zero-order valence-electron chi connectivity index (χ0n) is 5.64. The van der Waals surface area contributed by atoms with Gasteiger partial charge in [-0.15, -0.1) is 0 Å². The first kappa shape index (κ1) is 8.52. The highest BCUT2D eigenvalue weighted by Crippen LogP contribution is 2.34. The minimum Gasteiger partial charge on any atom is -0.250 e. The SMILES string of the molecule is CC1=C(C(F)(F)F)[N]C=CS1. The van der Waals surface area contributed by atoms with Crippen LogP contribution in [-0.2, 0) is 0 Å². The molecular formula is C6H5F3NS. The first-order chi connectivity index (χ1) is 5.02. The van der Waals surface area contributed by atoms with Gasteiger partial charge in [0, 0.05) is 11.1 Å². The number of hydrogen-bond donors (Lipinski definition) is 0. The lowest BCUT2D eigenvalue weighted by Gasteiger charge is -2.14. The Morgan fingerprint density at radius 3 is 2.45 bits per heavy atom. The van der Waals surface area contributed by atoms with Crippen molar-refractivity contribution in [2.24, 2.45) is 0 Å². The smallest absolute Gasteiger partial charge is 0.250 e. The summed E-state index contributed by atoms with van der Waals surface area (Å²) in [6.45, 7) is 1.40. The third kappa shape index (κ3) is 1.92. The number of thioether (sulfide) groups is 1. The molecule has 0 atom stereocenters. The van der Waals surface area contributed by atoms with E-state index in [4.69, 9.17) is 0 Å². The lowest BCUT2D eigenvalue weighted by Crippen LogP contribution is -2.20. The minimum atomic E-state index is -4.32. The van der Waals surface area contributed by atoms with Crippen LogP contribution in [0, 0.1) is 0 Å². The van der Waals surface area contributed by atoms with E-state index < -0.39 is 11.9 Å². The van der Waals surface area contributed by atoms with Gasteiger partial charge in [0.15, 0.2) is 5.70 Å². The van der Waals surface area contributed by atoms with Gasteiger partial charge < -0.3 is 0 Å². The average Bonchev–Trinajstić information content (AvgIpc) is 1.86. The van der Waals surface area contributed by atoms with E-state index in [-0.39, 0.29) is 4.91 Å². The molecule has 0 saturated carbocycles. The van der Waals surface area contributed by atoms with E-state index in [1.54, 1.807) is 0 Å². The van der Waals surface area contributed by atoms with Crippen molar-refractivity contribution in [3.8, 4) is 0 Å². The van der Waals surface area contributed by atoms with Gasteiger partial charge in [-0.3, -0.25) is 5.32 Å². The summed E-state index contributed by atoms with van der Waals surface area (Å²) in [4.78, 5) is 0.194. The Balaban J connectivity index is 2.85. The van der Waals surface area contributed by atoms with Gasteiger partial charge in [0.25, 0.3) is 0 Å². The van der Waals surface area contributed by atoms with Gasteiger partial charge in [-0.2, -0.15) is 13.2 Å². The lowest BCUT2D eigenvalue weighted by molar-refractivity contribution is -0.0962. The predicted molar refractivity (Wildman–Crippen MR) is 37.6 cm³/mol. The molecule has 0 unspecified atom stereocenters. The molecule has 0 fully saturated rings. The molecular weight excluding hydrogens is 175 g/mol. The van der Waals surface area contributed by atoms with Crippen LogP contribution in [0.1, 0.15) is 6.92 Å². The van der Waals surface area contributed by atoms with Gasteiger partial charge in [-0.1, -0.05) is 11.8 Å². The first-order valence-electron chi connectivity index (χ1n) is 2.82. The fourth-order valence-corrected chi connectivity index (χ4v) is 1.26. The third-order valence-electron chi connectivity index (χ3n) is 1.11. The van der Waals surface area contributed by atoms with Gasteiger partial charge in [-0.05, 0) is 12.3 Å². The number of hydrogen-bond acceptors (Lipinski definition) is 1. The summed E-state index contributed by atoms with van der Waals surface area (Å²) in [6, 6.07) is 0. The van der Waals surface area contributed by atoms with Gasteiger partial charge in [0.2, 0.25) is 0 Å². The van der Waals surface area contributed by atoms with Crippen molar-refractivity contribution in [3.05, 3.63) is 22.2 Å². The van der Waals surface area contributed by atoms with Crippen LogP contribution in [0.5, 0.6) is 0 Å². The molecule has 1 aliphatic rings. The summed E-state index contributed by atoms with van der Waals surface area (Å²) < 4.78 is 36.0. The molecule has 0 aliphatic carbocycles. The van der Waals surface area contributed by atoms with Crippen molar-refractivity contribution in [2.75, 3.05) is 0 Å². The van der Waals surface area contributed by atoms with Gasteiger partial charge in [0.05, 0.1) is 0 Å². The van der Waals surface area contributed by atoms with Crippen molar-refractivity contribution < 1.29 is 13.2 Å². The summed E-state index contributed by atoms with van der Waals surface area (Å²) in [5, 5.41) is 4.75. The number of halogens is 3. The second kappa shape index (κ2) is 2.81. The monoisotopic (exact) mass is 180 g/mol. The number of allylic oxidation sites excluding steroid dienone is 2. The van der Waals surface area contributed by atoms with E-state index >= 15 is 0 Å². The maximum absolute atomic E-state index is 12.0. The standard InChI is InChI=1S/C6H5F3NS/c1-4-5(6(7,8)9)10-2-3-11-4/h2-3H,1H3. The van der Waals surface area contributed by atoms with E-state index in [9.17, 15) is 13.2 Å². The summed E-state index contributed by atoms with van der Waals surface area (Å²) in [7, 11) is 0. The molecule has 1 rings (SSSR count). The van der Waals surface area contributed by atoms with Gasteiger partial charge in [-0.25, -0.2) is 0 Å². The van der Waals surface area contributed by atoms with Crippen LogP contribution in [-0.4, -0.2) is 6.18 Å². The zero-order valence-corrected chi connectivity index (χ0v) is 6.46. The lowest BCUT2D eigenvalue weighted by atomic mass is 10.4. The van der Waals surface area contributed by atoms with Crippen molar-refractivity contribution in [2.45, 2.75) is 13.1 Å². The fraction of sp³-hybridized carbons (Fsp3) is 0.333. The van der Waals surface area contributed by atoms with Gasteiger partial charge >= 0.3 is 6.18 Å². The van der Waals surface area contributed by atoms with E-state index in [1.807, 2.05) is 0 Å². The van der Waals surface area contributed by atoms with Crippen molar-refractivity contribution in [1.29, 1.82) is 0 Å². The van der Waals surface area contributed by atoms with Crippen LogP contribution in [0.15, 0.2) is 22.2 Å². The molecule has 1 heterocycles. The predicted octanol–water partition coefficient (Wildman–Crippen LogP) is 2.60. The molecule has 1 radical (unpaired) electrons. The summed E-state index contributed by atoms with van der Waals surface area (Å²) in [6.07, 6.45) is -3.16. The van der Waals surface area contributed by atoms with Crippen LogP contribution in [0.25, 0.3) is 0 Å². The van der Waals surface area contributed by atoms with E-state index in [1.165, 1.54) is 12.3 Å². The Morgan fingerprint density at radius 1 is 1.45 bits per heavy atom. The summed E-state index contributed by atoms with van der Waals surface area (Å²) in [5.41, 5.74) is -0.787. The van der Waals surface area contributed by atoms with Crippen molar-refractivity contribution in [3.63, 3.8) is 0 Å². The maximum Gasteiger partial charge on any atom is 0.434 e. The maximum atomic E-state index is 12.0. The Labute approximate surface area is 66.3 Å². The average molecular weight is 180 g/mol. The number of rotatable bonds is 0. The molecule has 11 heavy (non-hydrogen) atoms. The van der Waals surface area contributed by atoms with E-state index in [0.717, 1.165) is 18.0 Å². The second-order valence-corrected chi connectivity index (χ2v) is 3.05. The Morgan fingerprint density at radius 2 is 2.09 bits per heavy atom. The number of nitrogens with zero attached hydrogens (tertiary/aromatic N) is 1. The van der Waals surface area contributed by atoms with Crippen LogP contribution >= 0.6 is 11.8 Å². The topological polar surface area (TPSA) is 14.1 Å². The van der Waals surface area contributed by atoms with Crippen LogP contribution < -0.4 is 5.32 Å². The van der Waals surface area contributed by atoms with E-state index in [0.29, 0.717) is 0 Å². The zero-order chi connectivity index (χ0) is 8.48. The molecule has 0 aromatic carbocycles. The largest absolute Gasteiger partial charge is 0.434 e. The molecule has 5 heteroatoms. The van der Waals surface area contributed by atoms with Crippen LogP contribution in [0.3, 0.4) is 0 Å². The summed E-state index contributed by atoms with van der Waals surface area (Å²) >= 11 is 1.04. The first-order valence-corrected chi connectivity index (χ1v) is 3.70. The van der Waals surface area contributed by atoms with Crippen LogP contribution in [0.2, 0.25) is 0 Å². The second-order valence-electron chi connectivity index (χ2n) is 1.93. The number of alkyl halides is 3. The molecule has 0 amide bonds. The Bertz CT molecular complexity index is 216. The molecule has 1 aliphatic heterocycles. The Kier molecular flexibility index (Phi) is 2.17. The minimum absolute atomic E-state index is 0.194. The highest BCUT2D eigenvalue weighted by molar-refractivity contribution is 8.05. The van der Waals surface area contributed by atoms with Crippen molar-refractivity contribution >= 4 is 11.8 Å². The molecule has 0 aromatic rings. The van der Waals surface area contributed by atoms with Crippen molar-refractivity contribution in [1.82, 2.24) is 5.32 Å². The highest BCUT2D eigenvalue weighted by atomic mass is 32.2. The normalized spacial score (nSPS) is 18.5. The molecule has 0 N–H and O–H groups in total. The molecule has 0 bridgehead atoms. The molecule has 1 nitrogen and oxygen atoms in total.